The average Bonchev–Trinajstić information content (AvgIpc) is 2.86. The molecule has 2 rings (SSSR count). The van der Waals surface area contributed by atoms with Crippen molar-refractivity contribution in [3.05, 3.63) is 17.8 Å². The summed E-state index contributed by atoms with van der Waals surface area (Å²) >= 11 is 0. The molecule has 2 heterocycles. The van der Waals surface area contributed by atoms with Gasteiger partial charge in [-0.25, -0.2) is 9.78 Å². The lowest BCUT2D eigenvalue weighted by molar-refractivity contribution is 0.0698. The molecule has 0 spiro atoms. The number of nitrogens with two attached hydrogens (primary N) is 1. The van der Waals surface area contributed by atoms with Gasteiger partial charge in [0.1, 0.15) is 5.82 Å². The number of nitrogens with zero attached hydrogens (tertiary/aromatic N) is 3. The molecule has 0 bridgehead atoms. The number of likely N-dealkylation sites (tertiary alicyclic amines) is 1. The second-order valence-corrected chi connectivity index (χ2v) is 5.24. The van der Waals surface area contributed by atoms with E-state index in [9.17, 15) is 4.79 Å². The topological polar surface area (TPSA) is 82.7 Å². The molecule has 0 aromatic carbocycles. The molecule has 6 nitrogen and oxygen atoms in total. The molecule has 3 N–H and O–H groups in total. The monoisotopic (exact) mass is 278 g/mol. The molecule has 0 radical (unpaired) electrons. The van der Waals surface area contributed by atoms with Crippen LogP contribution in [-0.2, 0) is 0 Å². The van der Waals surface area contributed by atoms with Crippen LogP contribution >= 0.6 is 0 Å². The Morgan fingerprint density at radius 2 is 2.40 bits per heavy atom. The molecule has 1 fully saturated rings. The first kappa shape index (κ1) is 14.6. The maximum Gasteiger partial charge on any atom is 0.337 e. The molecule has 6 heteroatoms. The van der Waals surface area contributed by atoms with Gasteiger partial charge in [0.25, 0.3) is 0 Å². The fourth-order valence-electron chi connectivity index (χ4n) is 2.78. The standard InChI is InChI=1S/C14H22N4O2/c1-3-18-6-4-5-10(18)9-17(2)13-7-11(14(19)20)12(15)8-16-13/h7-8,10H,3-6,9,15H2,1-2H3,(H,19,20). The highest BCUT2D eigenvalue weighted by atomic mass is 16.4. The summed E-state index contributed by atoms with van der Waals surface area (Å²) in [6, 6.07) is 2.06. The molecule has 1 aliphatic rings. The quantitative estimate of drug-likeness (QED) is 0.844. The van der Waals surface area contributed by atoms with Crippen LogP contribution in [0.4, 0.5) is 11.5 Å². The number of hydrogen-bond acceptors (Lipinski definition) is 5. The number of carboxylic acids is 1. The van der Waals surface area contributed by atoms with Crippen LogP contribution in [0.5, 0.6) is 0 Å². The third kappa shape index (κ3) is 3.01. The van der Waals surface area contributed by atoms with Crippen LogP contribution in [0.15, 0.2) is 12.3 Å². The first-order valence-corrected chi connectivity index (χ1v) is 6.97. The van der Waals surface area contributed by atoms with Crippen LogP contribution in [0.3, 0.4) is 0 Å². The smallest absolute Gasteiger partial charge is 0.337 e. The van der Waals surface area contributed by atoms with Gasteiger partial charge in [-0.05, 0) is 32.0 Å². The number of carbonyl (C=O) groups is 1. The molecular formula is C14H22N4O2. The van der Waals surface area contributed by atoms with Crippen molar-refractivity contribution in [1.82, 2.24) is 9.88 Å². The Balaban J connectivity index is 2.11. The summed E-state index contributed by atoms with van der Waals surface area (Å²) in [7, 11) is 1.94. The van der Waals surface area contributed by atoms with E-state index in [1.165, 1.54) is 19.0 Å². The van der Waals surface area contributed by atoms with Crippen molar-refractivity contribution in [2.75, 3.05) is 37.3 Å². The molecule has 1 saturated heterocycles. The Morgan fingerprint density at radius 3 is 3.05 bits per heavy atom. The van der Waals surface area contributed by atoms with Crippen LogP contribution < -0.4 is 10.6 Å². The molecule has 0 aliphatic carbocycles. The Bertz CT molecular complexity index is 492. The van der Waals surface area contributed by atoms with E-state index >= 15 is 0 Å². The van der Waals surface area contributed by atoms with Crippen molar-refractivity contribution in [2.45, 2.75) is 25.8 Å². The van der Waals surface area contributed by atoms with Crippen LogP contribution in [0.1, 0.15) is 30.1 Å². The van der Waals surface area contributed by atoms with E-state index in [0.29, 0.717) is 11.9 Å². The Morgan fingerprint density at radius 1 is 1.65 bits per heavy atom. The van der Waals surface area contributed by atoms with Gasteiger partial charge in [0.2, 0.25) is 0 Å². The van der Waals surface area contributed by atoms with E-state index in [1.54, 1.807) is 6.07 Å². The van der Waals surface area contributed by atoms with E-state index in [4.69, 9.17) is 10.8 Å². The lowest BCUT2D eigenvalue weighted by Crippen LogP contribution is -2.39. The molecule has 1 aromatic rings. The first-order chi connectivity index (χ1) is 9.52. The molecule has 1 atom stereocenters. The summed E-state index contributed by atoms with van der Waals surface area (Å²) < 4.78 is 0. The Kier molecular flexibility index (Phi) is 4.44. The summed E-state index contributed by atoms with van der Waals surface area (Å²) in [4.78, 5) is 19.8. The SMILES string of the molecule is CCN1CCCC1CN(C)c1cc(C(=O)O)c(N)cn1. The zero-order valence-electron chi connectivity index (χ0n) is 12.0. The number of pyridine rings is 1. The maximum absolute atomic E-state index is 11.1. The lowest BCUT2D eigenvalue weighted by atomic mass is 10.2. The number of likely N-dealkylation sites (N-methyl/N-ethyl adjacent to an activating group) is 2. The molecule has 0 amide bonds. The number of aromatic nitrogens is 1. The number of hydrogen-bond donors (Lipinski definition) is 2. The molecule has 1 aromatic heterocycles. The van der Waals surface area contributed by atoms with Gasteiger partial charge in [0.05, 0.1) is 17.4 Å². The summed E-state index contributed by atoms with van der Waals surface area (Å²) in [5.41, 5.74) is 5.94. The van der Waals surface area contributed by atoms with Crippen molar-refractivity contribution in [2.24, 2.45) is 0 Å². The first-order valence-electron chi connectivity index (χ1n) is 6.97. The average molecular weight is 278 g/mol. The van der Waals surface area contributed by atoms with Gasteiger partial charge in [-0.2, -0.15) is 0 Å². The highest BCUT2D eigenvalue weighted by Gasteiger charge is 2.24. The van der Waals surface area contributed by atoms with Crippen molar-refractivity contribution < 1.29 is 9.90 Å². The minimum atomic E-state index is -1.02. The van der Waals surface area contributed by atoms with Crippen LogP contribution in [0.25, 0.3) is 0 Å². The Hall–Kier alpha value is -1.82. The largest absolute Gasteiger partial charge is 0.478 e. The zero-order valence-corrected chi connectivity index (χ0v) is 12.0. The number of anilines is 2. The van der Waals surface area contributed by atoms with Gasteiger partial charge in [0, 0.05) is 19.6 Å². The van der Waals surface area contributed by atoms with Gasteiger partial charge in [-0.15, -0.1) is 0 Å². The lowest BCUT2D eigenvalue weighted by Gasteiger charge is -2.28. The van der Waals surface area contributed by atoms with Crippen LogP contribution in [0, 0.1) is 0 Å². The summed E-state index contributed by atoms with van der Waals surface area (Å²) in [5, 5.41) is 9.10. The second-order valence-electron chi connectivity index (χ2n) is 5.24. The van der Waals surface area contributed by atoms with E-state index in [-0.39, 0.29) is 11.3 Å². The number of aromatic carboxylic acids is 1. The van der Waals surface area contributed by atoms with E-state index in [2.05, 4.69) is 16.8 Å². The summed E-state index contributed by atoms with van der Waals surface area (Å²) in [5.74, 6) is -0.366. The number of carboxylic acid groups (broad SMARTS) is 1. The second kappa shape index (κ2) is 6.09. The van der Waals surface area contributed by atoms with E-state index < -0.39 is 5.97 Å². The highest BCUT2D eigenvalue weighted by Crippen LogP contribution is 2.21. The number of rotatable bonds is 5. The van der Waals surface area contributed by atoms with Gasteiger partial charge >= 0.3 is 5.97 Å². The van der Waals surface area contributed by atoms with E-state index in [1.807, 2.05) is 11.9 Å². The molecule has 1 aliphatic heterocycles. The third-order valence-corrected chi connectivity index (χ3v) is 3.93. The predicted octanol–water partition coefficient (Wildman–Crippen LogP) is 1.28. The fourth-order valence-corrected chi connectivity index (χ4v) is 2.78. The van der Waals surface area contributed by atoms with Crippen molar-refractivity contribution in [1.29, 1.82) is 0 Å². The zero-order chi connectivity index (χ0) is 14.7. The van der Waals surface area contributed by atoms with E-state index in [0.717, 1.165) is 19.6 Å². The van der Waals surface area contributed by atoms with Gasteiger partial charge < -0.3 is 15.7 Å². The number of nitrogen functional groups attached to an aromatic ring is 1. The summed E-state index contributed by atoms with van der Waals surface area (Å²) in [6.45, 7) is 5.21. The predicted molar refractivity (Wildman–Crippen MR) is 79.1 cm³/mol. The molecular weight excluding hydrogens is 256 g/mol. The van der Waals surface area contributed by atoms with Gasteiger partial charge in [0.15, 0.2) is 0 Å². The fraction of sp³-hybridized carbons (Fsp3) is 0.571. The highest BCUT2D eigenvalue weighted by molar-refractivity contribution is 5.94. The van der Waals surface area contributed by atoms with Crippen molar-refractivity contribution in [3.63, 3.8) is 0 Å². The van der Waals surface area contributed by atoms with Gasteiger partial charge in [-0.3, -0.25) is 4.90 Å². The minimum absolute atomic E-state index is 0.112. The van der Waals surface area contributed by atoms with Crippen molar-refractivity contribution >= 4 is 17.5 Å². The maximum atomic E-state index is 11.1. The molecule has 0 saturated carbocycles. The summed E-state index contributed by atoms with van der Waals surface area (Å²) in [6.07, 6.45) is 3.82. The molecule has 20 heavy (non-hydrogen) atoms. The molecule has 110 valence electrons. The van der Waals surface area contributed by atoms with Gasteiger partial charge in [-0.1, -0.05) is 6.92 Å². The van der Waals surface area contributed by atoms with Crippen LogP contribution in [-0.4, -0.2) is 53.7 Å². The normalized spacial score (nSPS) is 19.2. The Labute approximate surface area is 119 Å². The van der Waals surface area contributed by atoms with Crippen LogP contribution in [0.2, 0.25) is 0 Å². The third-order valence-electron chi connectivity index (χ3n) is 3.93. The molecule has 1 unspecified atom stereocenters. The van der Waals surface area contributed by atoms with Crippen molar-refractivity contribution in [3.8, 4) is 0 Å². The minimum Gasteiger partial charge on any atom is -0.478 e.